The fraction of sp³-hybridized carbons (Fsp3) is 0.455. The van der Waals surface area contributed by atoms with Crippen molar-refractivity contribution in [1.82, 2.24) is 4.31 Å². The molecule has 0 amide bonds. The van der Waals surface area contributed by atoms with E-state index in [4.69, 9.17) is 11.6 Å². The van der Waals surface area contributed by atoms with Gasteiger partial charge < -0.3 is 0 Å². The minimum atomic E-state index is -4.13. The van der Waals surface area contributed by atoms with Crippen molar-refractivity contribution in [3.05, 3.63) is 29.8 Å². The molecule has 0 unspecified atom stereocenters. The van der Waals surface area contributed by atoms with Crippen LogP contribution in [0.15, 0.2) is 23.1 Å². The maximum Gasteiger partial charge on any atom is 0.246 e. The van der Waals surface area contributed by atoms with Crippen LogP contribution in [0.25, 0.3) is 0 Å². The van der Waals surface area contributed by atoms with Crippen molar-refractivity contribution in [3.8, 4) is 0 Å². The standard InChI is InChI=1S/C11H14ClF2NO2S/c1-11(2,7-12)15(3)18(16,17)10-6-8(13)4-5-9(10)14/h4-6H,7H2,1-3H3. The van der Waals surface area contributed by atoms with Crippen molar-refractivity contribution in [1.29, 1.82) is 0 Å². The molecule has 0 saturated carbocycles. The molecule has 18 heavy (non-hydrogen) atoms. The summed E-state index contributed by atoms with van der Waals surface area (Å²) in [7, 11) is -2.85. The molecule has 1 aromatic rings. The predicted molar refractivity (Wildman–Crippen MR) is 66.1 cm³/mol. The Morgan fingerprint density at radius 2 is 1.89 bits per heavy atom. The van der Waals surface area contributed by atoms with E-state index in [9.17, 15) is 17.2 Å². The number of alkyl halides is 1. The molecule has 0 atom stereocenters. The van der Waals surface area contributed by atoms with E-state index in [0.717, 1.165) is 16.4 Å². The summed E-state index contributed by atoms with van der Waals surface area (Å²) in [6.07, 6.45) is 0. The summed E-state index contributed by atoms with van der Waals surface area (Å²) in [6.45, 7) is 3.18. The molecule has 0 radical (unpaired) electrons. The lowest BCUT2D eigenvalue weighted by Crippen LogP contribution is -2.46. The summed E-state index contributed by atoms with van der Waals surface area (Å²) in [4.78, 5) is -0.691. The average Bonchev–Trinajstić information content (AvgIpc) is 2.31. The van der Waals surface area contributed by atoms with E-state index >= 15 is 0 Å². The van der Waals surface area contributed by atoms with Crippen LogP contribution >= 0.6 is 11.6 Å². The van der Waals surface area contributed by atoms with Gasteiger partial charge in [-0.05, 0) is 32.0 Å². The summed E-state index contributed by atoms with van der Waals surface area (Å²) < 4.78 is 51.8. The molecule has 0 fully saturated rings. The fourth-order valence-corrected chi connectivity index (χ4v) is 3.07. The van der Waals surface area contributed by atoms with E-state index < -0.39 is 32.1 Å². The highest BCUT2D eigenvalue weighted by atomic mass is 35.5. The van der Waals surface area contributed by atoms with E-state index in [0.29, 0.717) is 6.07 Å². The molecular formula is C11H14ClF2NO2S. The molecule has 7 heteroatoms. The van der Waals surface area contributed by atoms with Crippen LogP contribution in [0, 0.1) is 11.6 Å². The first kappa shape index (κ1) is 15.3. The number of hydrogen-bond acceptors (Lipinski definition) is 2. The number of rotatable bonds is 4. The smallest absolute Gasteiger partial charge is 0.207 e. The van der Waals surface area contributed by atoms with Crippen LogP contribution in [-0.4, -0.2) is 31.2 Å². The SMILES string of the molecule is CN(C(C)(C)CCl)S(=O)(=O)c1cc(F)ccc1F. The Morgan fingerprint density at radius 1 is 1.33 bits per heavy atom. The summed E-state index contributed by atoms with van der Waals surface area (Å²) in [5, 5.41) is 0. The van der Waals surface area contributed by atoms with Gasteiger partial charge in [-0.25, -0.2) is 17.2 Å². The molecule has 1 aromatic carbocycles. The lowest BCUT2D eigenvalue weighted by atomic mass is 10.1. The van der Waals surface area contributed by atoms with Gasteiger partial charge in [0.15, 0.2) is 0 Å². The number of benzene rings is 1. The molecule has 0 heterocycles. The van der Waals surface area contributed by atoms with Gasteiger partial charge in [0.25, 0.3) is 0 Å². The minimum Gasteiger partial charge on any atom is -0.207 e. The zero-order chi connectivity index (χ0) is 14.1. The monoisotopic (exact) mass is 297 g/mol. The van der Waals surface area contributed by atoms with Gasteiger partial charge in [-0.3, -0.25) is 0 Å². The molecule has 0 aliphatic carbocycles. The summed E-state index contributed by atoms with van der Waals surface area (Å²) in [6, 6.07) is 2.30. The number of hydrogen-bond donors (Lipinski definition) is 0. The molecule has 3 nitrogen and oxygen atoms in total. The Bertz CT molecular complexity index is 546. The molecule has 1 rings (SSSR count). The van der Waals surface area contributed by atoms with Gasteiger partial charge in [-0.1, -0.05) is 0 Å². The molecule has 0 aromatic heterocycles. The largest absolute Gasteiger partial charge is 0.246 e. The van der Waals surface area contributed by atoms with Crippen molar-refractivity contribution < 1.29 is 17.2 Å². The van der Waals surface area contributed by atoms with Gasteiger partial charge in [0.05, 0.1) is 0 Å². The third-order valence-corrected chi connectivity index (χ3v) is 5.45. The number of sulfonamides is 1. The first-order valence-corrected chi connectivity index (χ1v) is 7.10. The van der Waals surface area contributed by atoms with Crippen molar-refractivity contribution in [2.45, 2.75) is 24.3 Å². The molecule has 0 bridgehead atoms. The molecule has 102 valence electrons. The third kappa shape index (κ3) is 2.81. The highest BCUT2D eigenvalue weighted by Gasteiger charge is 2.35. The van der Waals surface area contributed by atoms with E-state index in [1.165, 1.54) is 7.05 Å². The van der Waals surface area contributed by atoms with Gasteiger partial charge in [-0.2, -0.15) is 4.31 Å². The van der Waals surface area contributed by atoms with Gasteiger partial charge in [0.1, 0.15) is 16.5 Å². The van der Waals surface area contributed by atoms with Gasteiger partial charge >= 0.3 is 0 Å². The lowest BCUT2D eigenvalue weighted by Gasteiger charge is -2.32. The second-order valence-electron chi connectivity index (χ2n) is 4.49. The Hall–Kier alpha value is -0.720. The Morgan fingerprint density at radius 3 is 2.39 bits per heavy atom. The van der Waals surface area contributed by atoms with E-state index in [2.05, 4.69) is 0 Å². The zero-order valence-electron chi connectivity index (χ0n) is 10.2. The van der Waals surface area contributed by atoms with Crippen LogP contribution in [0.5, 0.6) is 0 Å². The molecule has 0 aliphatic heterocycles. The number of halogens is 3. The fourth-order valence-electron chi connectivity index (χ4n) is 1.23. The maximum atomic E-state index is 13.5. The molecule has 0 N–H and O–H groups in total. The van der Waals surface area contributed by atoms with Crippen molar-refractivity contribution in [2.24, 2.45) is 0 Å². The highest BCUT2D eigenvalue weighted by molar-refractivity contribution is 7.89. The van der Waals surface area contributed by atoms with E-state index in [1.807, 2.05) is 0 Å². The van der Waals surface area contributed by atoms with Crippen LogP contribution in [0.1, 0.15) is 13.8 Å². The normalized spacial score (nSPS) is 13.1. The second kappa shape index (κ2) is 5.11. The molecule has 0 saturated heterocycles. The molecular weight excluding hydrogens is 284 g/mol. The lowest BCUT2D eigenvalue weighted by molar-refractivity contribution is 0.294. The third-order valence-electron chi connectivity index (χ3n) is 2.71. The predicted octanol–water partition coefficient (Wildman–Crippen LogP) is 2.60. The van der Waals surface area contributed by atoms with E-state index in [-0.39, 0.29) is 5.88 Å². The first-order chi connectivity index (χ1) is 8.13. The van der Waals surface area contributed by atoms with Crippen LogP contribution < -0.4 is 0 Å². The first-order valence-electron chi connectivity index (χ1n) is 5.13. The van der Waals surface area contributed by atoms with Crippen molar-refractivity contribution in [2.75, 3.05) is 12.9 Å². The van der Waals surface area contributed by atoms with E-state index in [1.54, 1.807) is 13.8 Å². The van der Waals surface area contributed by atoms with Crippen LogP contribution in [0.2, 0.25) is 0 Å². The zero-order valence-corrected chi connectivity index (χ0v) is 11.8. The van der Waals surface area contributed by atoms with Gasteiger partial charge in [0.2, 0.25) is 10.0 Å². The average molecular weight is 298 g/mol. The maximum absolute atomic E-state index is 13.5. The highest BCUT2D eigenvalue weighted by Crippen LogP contribution is 2.26. The molecule has 0 aliphatic rings. The summed E-state index contributed by atoms with van der Waals surface area (Å²) in [5.41, 5.74) is -0.904. The van der Waals surface area contributed by atoms with Crippen LogP contribution in [-0.2, 0) is 10.0 Å². The number of nitrogens with zero attached hydrogens (tertiary/aromatic N) is 1. The van der Waals surface area contributed by atoms with Crippen LogP contribution in [0.3, 0.4) is 0 Å². The second-order valence-corrected chi connectivity index (χ2v) is 6.70. The molecule has 0 spiro atoms. The van der Waals surface area contributed by atoms with Crippen molar-refractivity contribution >= 4 is 21.6 Å². The topological polar surface area (TPSA) is 37.4 Å². The Kier molecular flexibility index (Phi) is 4.35. The summed E-state index contributed by atoms with van der Waals surface area (Å²) in [5.74, 6) is -1.78. The van der Waals surface area contributed by atoms with Gasteiger partial charge in [-0.15, -0.1) is 11.6 Å². The van der Waals surface area contributed by atoms with Crippen molar-refractivity contribution in [3.63, 3.8) is 0 Å². The van der Waals surface area contributed by atoms with Gasteiger partial charge in [0, 0.05) is 18.5 Å². The quantitative estimate of drug-likeness (QED) is 0.801. The summed E-state index contributed by atoms with van der Waals surface area (Å²) >= 11 is 5.68. The van der Waals surface area contributed by atoms with Crippen LogP contribution in [0.4, 0.5) is 8.78 Å². The minimum absolute atomic E-state index is 0.0274. The Labute approximate surface area is 110 Å². The Balaban J connectivity index is 3.34.